The third-order valence-corrected chi connectivity index (χ3v) is 7.14. The lowest BCUT2D eigenvalue weighted by molar-refractivity contribution is -0.112. The molecule has 0 bridgehead atoms. The average molecular weight is 542 g/mol. The summed E-state index contributed by atoms with van der Waals surface area (Å²) in [6, 6.07) is 16.7. The van der Waals surface area contributed by atoms with Gasteiger partial charge in [-0.1, -0.05) is 34.8 Å². The zero-order valence-corrected chi connectivity index (χ0v) is 21.9. The van der Waals surface area contributed by atoms with Gasteiger partial charge in [0.15, 0.2) is 5.13 Å². The molecule has 1 amide bonds. The Morgan fingerprint density at radius 3 is 2.54 bits per heavy atom. The molecule has 0 fully saturated rings. The van der Waals surface area contributed by atoms with Crippen molar-refractivity contribution in [1.82, 2.24) is 9.55 Å². The Labute approximate surface area is 222 Å². The van der Waals surface area contributed by atoms with Gasteiger partial charge in [0.2, 0.25) is 0 Å². The van der Waals surface area contributed by atoms with Crippen LogP contribution in [0.3, 0.4) is 0 Å². The number of benzene rings is 2. The Bertz CT molecular complexity index is 1480. The first-order valence-electron chi connectivity index (χ1n) is 10.5. The van der Waals surface area contributed by atoms with E-state index in [-0.39, 0.29) is 5.57 Å². The molecule has 0 saturated carbocycles. The minimum Gasteiger partial charge on any atom is -0.318 e. The number of hydrogen-bond acceptors (Lipinski definition) is 4. The van der Waals surface area contributed by atoms with Gasteiger partial charge in [-0.3, -0.25) is 10.1 Å². The summed E-state index contributed by atoms with van der Waals surface area (Å²) >= 11 is 19.6. The number of hydrogen-bond donors (Lipinski definition) is 1. The predicted molar refractivity (Wildman–Crippen MR) is 144 cm³/mol. The zero-order chi connectivity index (χ0) is 25.1. The van der Waals surface area contributed by atoms with Gasteiger partial charge in [-0.15, -0.1) is 11.3 Å². The highest BCUT2D eigenvalue weighted by Crippen LogP contribution is 2.28. The summed E-state index contributed by atoms with van der Waals surface area (Å²) < 4.78 is 2.04. The van der Waals surface area contributed by atoms with E-state index < -0.39 is 5.91 Å². The van der Waals surface area contributed by atoms with E-state index in [1.54, 1.807) is 30.5 Å². The maximum atomic E-state index is 12.8. The number of aromatic nitrogens is 2. The Morgan fingerprint density at radius 1 is 1.11 bits per heavy atom. The van der Waals surface area contributed by atoms with Crippen molar-refractivity contribution < 1.29 is 4.79 Å². The summed E-state index contributed by atoms with van der Waals surface area (Å²) in [6.45, 7) is 3.91. The van der Waals surface area contributed by atoms with Crippen LogP contribution in [0.15, 0.2) is 60.3 Å². The maximum absolute atomic E-state index is 12.8. The molecule has 0 atom stereocenters. The fourth-order valence-corrected chi connectivity index (χ4v) is 5.04. The summed E-state index contributed by atoms with van der Waals surface area (Å²) in [7, 11) is 0. The first kappa shape index (κ1) is 25.0. The molecule has 0 unspecified atom stereocenters. The largest absolute Gasteiger partial charge is 0.318 e. The van der Waals surface area contributed by atoms with Crippen LogP contribution < -0.4 is 5.32 Å². The Hall–Kier alpha value is -3.08. The van der Waals surface area contributed by atoms with E-state index in [4.69, 9.17) is 34.8 Å². The molecule has 2 aromatic carbocycles. The highest BCUT2D eigenvalue weighted by Gasteiger charge is 2.16. The van der Waals surface area contributed by atoms with E-state index >= 15 is 0 Å². The van der Waals surface area contributed by atoms with E-state index in [0.29, 0.717) is 26.6 Å². The second kappa shape index (κ2) is 10.7. The van der Waals surface area contributed by atoms with Crippen molar-refractivity contribution in [3.8, 4) is 11.8 Å². The second-order valence-electron chi connectivity index (χ2n) is 7.81. The third kappa shape index (κ3) is 5.77. The smallest absolute Gasteiger partial charge is 0.268 e. The highest BCUT2D eigenvalue weighted by molar-refractivity contribution is 7.15. The Balaban J connectivity index is 1.52. The number of nitrogens with one attached hydrogen (secondary N) is 1. The standard InChI is InChI=1S/C26H19Cl3N4OS/c1-15-9-17(16(2)33(15)22-6-3-20(27)4-7-22)10-19(13-30)25(34)32-26-31-14-23(35-26)12-18-11-21(28)5-8-24(18)29/h3-11,14H,12H2,1-2H3,(H,31,32,34). The van der Waals surface area contributed by atoms with Gasteiger partial charge in [-0.2, -0.15) is 5.26 Å². The molecule has 0 spiro atoms. The fraction of sp³-hybridized carbons (Fsp3) is 0.115. The zero-order valence-electron chi connectivity index (χ0n) is 18.8. The monoisotopic (exact) mass is 540 g/mol. The molecule has 0 aliphatic carbocycles. The molecule has 4 aromatic rings. The van der Waals surface area contributed by atoms with Crippen molar-refractivity contribution in [3.63, 3.8) is 0 Å². The van der Waals surface area contributed by atoms with Crippen molar-refractivity contribution in [2.45, 2.75) is 20.3 Å². The Kier molecular flexibility index (Phi) is 7.63. The summed E-state index contributed by atoms with van der Waals surface area (Å²) in [6.07, 6.45) is 3.79. The first-order valence-corrected chi connectivity index (χ1v) is 12.5. The topological polar surface area (TPSA) is 70.7 Å². The lowest BCUT2D eigenvalue weighted by atomic mass is 10.1. The number of anilines is 1. The summed E-state index contributed by atoms with van der Waals surface area (Å²) in [5.41, 5.74) is 4.45. The average Bonchev–Trinajstić information content (AvgIpc) is 3.38. The number of thiazole rings is 1. The van der Waals surface area contributed by atoms with Gasteiger partial charge in [0.1, 0.15) is 11.6 Å². The number of carbonyl (C=O) groups excluding carboxylic acids is 1. The molecule has 5 nitrogen and oxygen atoms in total. The van der Waals surface area contributed by atoms with Crippen molar-refractivity contribution in [2.75, 3.05) is 5.32 Å². The molecule has 0 saturated heterocycles. The van der Waals surface area contributed by atoms with Crippen LogP contribution in [0.2, 0.25) is 15.1 Å². The summed E-state index contributed by atoms with van der Waals surface area (Å²) in [4.78, 5) is 18.0. The van der Waals surface area contributed by atoms with Gasteiger partial charge < -0.3 is 4.57 Å². The van der Waals surface area contributed by atoms with E-state index in [9.17, 15) is 10.1 Å². The van der Waals surface area contributed by atoms with Crippen LogP contribution in [0, 0.1) is 25.2 Å². The molecule has 4 rings (SSSR count). The molecule has 35 heavy (non-hydrogen) atoms. The van der Waals surface area contributed by atoms with Crippen LogP contribution in [0.5, 0.6) is 0 Å². The number of carbonyl (C=O) groups is 1. The molecule has 9 heteroatoms. The molecule has 2 aromatic heterocycles. The molecule has 2 heterocycles. The Morgan fingerprint density at radius 2 is 1.83 bits per heavy atom. The molecule has 176 valence electrons. The van der Waals surface area contributed by atoms with Gasteiger partial charge in [0, 0.05) is 49.6 Å². The maximum Gasteiger partial charge on any atom is 0.268 e. The van der Waals surface area contributed by atoms with Gasteiger partial charge in [-0.05, 0) is 79.6 Å². The molecular formula is C26H19Cl3N4OS. The number of halogens is 3. The minimum absolute atomic E-state index is 0.0176. The lowest BCUT2D eigenvalue weighted by Crippen LogP contribution is -2.13. The molecule has 0 aliphatic rings. The van der Waals surface area contributed by atoms with Crippen LogP contribution in [-0.2, 0) is 11.2 Å². The van der Waals surface area contributed by atoms with E-state index in [1.165, 1.54) is 11.3 Å². The highest BCUT2D eigenvalue weighted by atomic mass is 35.5. The van der Waals surface area contributed by atoms with Crippen molar-refractivity contribution in [3.05, 3.63) is 103 Å². The lowest BCUT2D eigenvalue weighted by Gasteiger charge is -2.09. The van der Waals surface area contributed by atoms with Crippen LogP contribution in [0.1, 0.15) is 27.4 Å². The summed E-state index contributed by atoms with van der Waals surface area (Å²) in [5, 5.41) is 14.6. The van der Waals surface area contributed by atoms with Crippen LogP contribution >= 0.6 is 46.1 Å². The van der Waals surface area contributed by atoms with Gasteiger partial charge in [-0.25, -0.2) is 4.98 Å². The SMILES string of the molecule is Cc1cc(C=C(C#N)C(=O)Nc2ncc(Cc3cc(Cl)ccc3Cl)s2)c(C)n1-c1ccc(Cl)cc1. The quantitative estimate of drug-likeness (QED) is 0.201. The fourth-order valence-electron chi connectivity index (χ4n) is 3.70. The first-order chi connectivity index (χ1) is 16.7. The van der Waals surface area contributed by atoms with Crippen molar-refractivity contribution in [1.29, 1.82) is 5.26 Å². The second-order valence-corrected chi connectivity index (χ2v) is 10.2. The molecule has 0 radical (unpaired) electrons. The van der Waals surface area contributed by atoms with Crippen LogP contribution in [0.4, 0.5) is 5.13 Å². The number of aryl methyl sites for hydroxylation is 1. The van der Waals surface area contributed by atoms with Gasteiger partial charge in [0.25, 0.3) is 5.91 Å². The normalized spacial score (nSPS) is 11.4. The number of nitriles is 1. The molecular weight excluding hydrogens is 523 g/mol. The van der Waals surface area contributed by atoms with Gasteiger partial charge in [0.05, 0.1) is 0 Å². The van der Waals surface area contributed by atoms with Crippen LogP contribution in [0.25, 0.3) is 11.8 Å². The third-order valence-electron chi connectivity index (χ3n) is 5.37. The molecule has 1 N–H and O–H groups in total. The van der Waals surface area contributed by atoms with Gasteiger partial charge >= 0.3 is 0 Å². The number of rotatable bonds is 6. The van der Waals surface area contributed by atoms with Crippen molar-refractivity contribution in [2.24, 2.45) is 0 Å². The van der Waals surface area contributed by atoms with Crippen LogP contribution in [-0.4, -0.2) is 15.5 Å². The van der Waals surface area contributed by atoms with E-state index in [2.05, 4.69) is 10.3 Å². The van der Waals surface area contributed by atoms with Crippen molar-refractivity contribution >= 4 is 63.3 Å². The van der Waals surface area contributed by atoms with E-state index in [1.807, 2.05) is 54.8 Å². The number of nitrogens with zero attached hydrogens (tertiary/aromatic N) is 3. The minimum atomic E-state index is -0.523. The molecule has 0 aliphatic heterocycles. The predicted octanol–water partition coefficient (Wildman–Crippen LogP) is 7.65. The summed E-state index contributed by atoms with van der Waals surface area (Å²) in [5.74, 6) is -0.523. The number of amides is 1. The van der Waals surface area contributed by atoms with E-state index in [0.717, 1.165) is 33.1 Å².